The predicted octanol–water partition coefficient (Wildman–Crippen LogP) is 1.88. The second-order valence-corrected chi connectivity index (χ2v) is 5.65. The van der Waals surface area contributed by atoms with Crippen LogP contribution in [0.4, 0.5) is 0 Å². The van der Waals surface area contributed by atoms with Crippen LogP contribution in [0.5, 0.6) is 0 Å². The van der Waals surface area contributed by atoms with E-state index in [1.165, 1.54) is 45.3 Å². The van der Waals surface area contributed by atoms with Crippen LogP contribution in [-0.4, -0.2) is 49.8 Å². The lowest BCUT2D eigenvalue weighted by Crippen LogP contribution is -2.51. The van der Waals surface area contributed by atoms with Gasteiger partial charge in [0.05, 0.1) is 6.10 Å². The first-order valence-corrected chi connectivity index (χ1v) is 7.36. The summed E-state index contributed by atoms with van der Waals surface area (Å²) in [5.74, 6) is 0.909. The fraction of sp³-hybridized carbons (Fsp3) is 1.00. The van der Waals surface area contributed by atoms with Crippen LogP contribution < -0.4 is 5.32 Å². The zero-order chi connectivity index (χ0) is 12.1. The van der Waals surface area contributed by atoms with Crippen molar-refractivity contribution in [3.8, 4) is 0 Å². The van der Waals surface area contributed by atoms with Crippen LogP contribution in [0.1, 0.15) is 39.5 Å². The molecule has 0 aromatic rings. The number of piperazine rings is 1. The van der Waals surface area contributed by atoms with E-state index in [2.05, 4.69) is 24.1 Å². The van der Waals surface area contributed by atoms with Gasteiger partial charge in [0.1, 0.15) is 0 Å². The Balaban J connectivity index is 1.70. The van der Waals surface area contributed by atoms with Crippen molar-refractivity contribution >= 4 is 0 Å². The standard InChI is InChI=1S/C14H28N2O/c1-3-17-14-6-4-13(5-7-14)11-16-9-8-15-10-12(16)2/h12-15H,3-11H2,1-2H3/t12-,13?,14?/m0/s1. The number of rotatable bonds is 4. The van der Waals surface area contributed by atoms with Crippen molar-refractivity contribution in [1.29, 1.82) is 0 Å². The molecule has 17 heavy (non-hydrogen) atoms. The second kappa shape index (κ2) is 6.72. The van der Waals surface area contributed by atoms with Crippen molar-refractivity contribution < 1.29 is 4.74 Å². The molecule has 100 valence electrons. The lowest BCUT2D eigenvalue weighted by Gasteiger charge is -2.38. The lowest BCUT2D eigenvalue weighted by molar-refractivity contribution is 0.0180. The van der Waals surface area contributed by atoms with Gasteiger partial charge in [0.15, 0.2) is 0 Å². The van der Waals surface area contributed by atoms with E-state index in [-0.39, 0.29) is 0 Å². The highest BCUT2D eigenvalue weighted by Gasteiger charge is 2.25. The third-order valence-electron chi connectivity index (χ3n) is 4.33. The monoisotopic (exact) mass is 240 g/mol. The molecule has 0 unspecified atom stereocenters. The van der Waals surface area contributed by atoms with Crippen LogP contribution in [0.3, 0.4) is 0 Å². The second-order valence-electron chi connectivity index (χ2n) is 5.65. The van der Waals surface area contributed by atoms with Gasteiger partial charge in [0, 0.05) is 38.8 Å². The minimum Gasteiger partial charge on any atom is -0.379 e. The van der Waals surface area contributed by atoms with E-state index < -0.39 is 0 Å². The predicted molar refractivity (Wildman–Crippen MR) is 71.3 cm³/mol. The summed E-state index contributed by atoms with van der Waals surface area (Å²) >= 11 is 0. The number of ether oxygens (including phenoxy) is 1. The Bertz CT molecular complexity index is 214. The Morgan fingerprint density at radius 2 is 2.00 bits per heavy atom. The first-order chi connectivity index (χ1) is 8.29. The number of nitrogens with zero attached hydrogens (tertiary/aromatic N) is 1. The van der Waals surface area contributed by atoms with Crippen molar-refractivity contribution in [1.82, 2.24) is 10.2 Å². The molecule has 1 heterocycles. The minimum atomic E-state index is 0.552. The van der Waals surface area contributed by atoms with E-state index in [1.54, 1.807) is 0 Å². The quantitative estimate of drug-likeness (QED) is 0.812. The molecule has 1 saturated heterocycles. The van der Waals surface area contributed by atoms with Crippen molar-refractivity contribution in [3.05, 3.63) is 0 Å². The third kappa shape index (κ3) is 3.94. The molecule has 0 aromatic carbocycles. The van der Waals surface area contributed by atoms with Gasteiger partial charge in [-0.2, -0.15) is 0 Å². The first kappa shape index (κ1) is 13.3. The van der Waals surface area contributed by atoms with Crippen LogP contribution >= 0.6 is 0 Å². The van der Waals surface area contributed by atoms with E-state index in [0.717, 1.165) is 19.1 Å². The molecule has 1 aliphatic carbocycles. The Morgan fingerprint density at radius 1 is 1.24 bits per heavy atom. The molecule has 0 radical (unpaired) electrons. The summed E-state index contributed by atoms with van der Waals surface area (Å²) < 4.78 is 5.72. The number of hydrogen-bond donors (Lipinski definition) is 1. The smallest absolute Gasteiger partial charge is 0.0575 e. The molecule has 0 bridgehead atoms. The molecule has 1 saturated carbocycles. The fourth-order valence-corrected chi connectivity index (χ4v) is 3.20. The SMILES string of the molecule is CCOC1CCC(CN2CCNC[C@@H]2C)CC1. The zero-order valence-corrected chi connectivity index (χ0v) is 11.5. The van der Waals surface area contributed by atoms with E-state index in [9.17, 15) is 0 Å². The largest absolute Gasteiger partial charge is 0.379 e. The van der Waals surface area contributed by atoms with Gasteiger partial charge < -0.3 is 10.1 Å². The lowest BCUT2D eigenvalue weighted by atomic mass is 9.86. The first-order valence-electron chi connectivity index (χ1n) is 7.36. The molecule has 1 atom stereocenters. The number of hydrogen-bond acceptors (Lipinski definition) is 3. The fourth-order valence-electron chi connectivity index (χ4n) is 3.20. The van der Waals surface area contributed by atoms with Crippen molar-refractivity contribution in [3.63, 3.8) is 0 Å². The van der Waals surface area contributed by atoms with E-state index in [1.807, 2.05) is 0 Å². The molecule has 2 rings (SSSR count). The Kier molecular flexibility index (Phi) is 5.26. The Morgan fingerprint density at radius 3 is 2.65 bits per heavy atom. The van der Waals surface area contributed by atoms with Gasteiger partial charge in [-0.05, 0) is 45.4 Å². The maximum atomic E-state index is 5.72. The summed E-state index contributed by atoms with van der Waals surface area (Å²) in [6, 6.07) is 0.716. The van der Waals surface area contributed by atoms with Gasteiger partial charge in [0.2, 0.25) is 0 Å². The molecular weight excluding hydrogens is 212 g/mol. The van der Waals surface area contributed by atoms with Crippen molar-refractivity contribution in [2.24, 2.45) is 5.92 Å². The molecule has 3 heteroatoms. The van der Waals surface area contributed by atoms with Crippen LogP contribution in [-0.2, 0) is 4.74 Å². The Labute approximate surface area is 106 Å². The molecule has 2 fully saturated rings. The topological polar surface area (TPSA) is 24.5 Å². The molecule has 2 aliphatic rings. The summed E-state index contributed by atoms with van der Waals surface area (Å²) in [5.41, 5.74) is 0. The van der Waals surface area contributed by atoms with Gasteiger partial charge in [-0.15, -0.1) is 0 Å². The van der Waals surface area contributed by atoms with E-state index >= 15 is 0 Å². The molecule has 1 N–H and O–H groups in total. The maximum Gasteiger partial charge on any atom is 0.0575 e. The molecule has 3 nitrogen and oxygen atoms in total. The van der Waals surface area contributed by atoms with Crippen LogP contribution in [0.2, 0.25) is 0 Å². The van der Waals surface area contributed by atoms with Gasteiger partial charge >= 0.3 is 0 Å². The molecule has 0 spiro atoms. The summed E-state index contributed by atoms with van der Waals surface area (Å²) in [4.78, 5) is 2.67. The molecular formula is C14H28N2O. The summed E-state index contributed by atoms with van der Waals surface area (Å²) in [7, 11) is 0. The van der Waals surface area contributed by atoms with Crippen LogP contribution in [0.25, 0.3) is 0 Å². The summed E-state index contributed by atoms with van der Waals surface area (Å²) in [6.45, 7) is 10.2. The molecule has 0 amide bonds. The molecule has 1 aliphatic heterocycles. The average molecular weight is 240 g/mol. The van der Waals surface area contributed by atoms with Crippen LogP contribution in [0, 0.1) is 5.92 Å². The highest BCUT2D eigenvalue weighted by Crippen LogP contribution is 2.27. The zero-order valence-electron chi connectivity index (χ0n) is 11.5. The summed E-state index contributed by atoms with van der Waals surface area (Å²) in [6.07, 6.45) is 5.83. The van der Waals surface area contributed by atoms with Gasteiger partial charge in [-0.1, -0.05) is 0 Å². The van der Waals surface area contributed by atoms with Gasteiger partial charge in [0.25, 0.3) is 0 Å². The van der Waals surface area contributed by atoms with Gasteiger partial charge in [-0.3, -0.25) is 4.90 Å². The normalized spacial score (nSPS) is 36.0. The van der Waals surface area contributed by atoms with E-state index in [0.29, 0.717) is 12.1 Å². The third-order valence-corrected chi connectivity index (χ3v) is 4.33. The molecule has 0 aromatic heterocycles. The maximum absolute atomic E-state index is 5.72. The summed E-state index contributed by atoms with van der Waals surface area (Å²) in [5, 5.41) is 3.46. The minimum absolute atomic E-state index is 0.552. The van der Waals surface area contributed by atoms with Crippen molar-refractivity contribution in [2.45, 2.75) is 51.7 Å². The number of nitrogens with one attached hydrogen (secondary N) is 1. The Hall–Kier alpha value is -0.120. The average Bonchev–Trinajstić information content (AvgIpc) is 2.35. The highest BCUT2D eigenvalue weighted by atomic mass is 16.5. The highest BCUT2D eigenvalue weighted by molar-refractivity contribution is 4.81. The van der Waals surface area contributed by atoms with Gasteiger partial charge in [-0.25, -0.2) is 0 Å². The van der Waals surface area contributed by atoms with E-state index in [4.69, 9.17) is 4.74 Å². The van der Waals surface area contributed by atoms with Crippen LogP contribution in [0.15, 0.2) is 0 Å². The van der Waals surface area contributed by atoms with Crippen molar-refractivity contribution in [2.75, 3.05) is 32.8 Å².